The standard InChI is InChI=1S/C20H17FN4O4/c21-14-5-1-12(2-6-14)10-22-19(27)20-24-17(25-29-20)11-28-15-7-3-13-4-8-18(26)23-16(13)9-15/h1-3,5-7,9H,4,8,10-11H2,(H,22,27)(H,23,26). The summed E-state index contributed by atoms with van der Waals surface area (Å²) in [5.74, 6) is -0.350. The Labute approximate surface area is 165 Å². The van der Waals surface area contributed by atoms with E-state index in [0.29, 0.717) is 18.6 Å². The third-order valence-electron chi connectivity index (χ3n) is 4.37. The SMILES string of the molecule is O=C1CCc2ccc(OCc3noc(C(=O)NCc4ccc(F)cc4)n3)cc2N1. The van der Waals surface area contributed by atoms with E-state index in [9.17, 15) is 14.0 Å². The highest BCUT2D eigenvalue weighted by Crippen LogP contribution is 2.27. The van der Waals surface area contributed by atoms with Gasteiger partial charge >= 0.3 is 11.8 Å². The number of carbonyl (C=O) groups excluding carboxylic acids is 2. The number of anilines is 1. The Hall–Kier alpha value is -3.75. The summed E-state index contributed by atoms with van der Waals surface area (Å²) in [4.78, 5) is 27.6. The number of nitrogens with zero attached hydrogens (tertiary/aromatic N) is 2. The Kier molecular flexibility index (Phi) is 5.19. The van der Waals surface area contributed by atoms with E-state index in [1.165, 1.54) is 12.1 Å². The lowest BCUT2D eigenvalue weighted by Crippen LogP contribution is -2.23. The fraction of sp³-hybridized carbons (Fsp3) is 0.200. The quantitative estimate of drug-likeness (QED) is 0.663. The Morgan fingerprint density at radius 1 is 1.21 bits per heavy atom. The van der Waals surface area contributed by atoms with Gasteiger partial charge in [-0.2, -0.15) is 4.98 Å². The van der Waals surface area contributed by atoms with Crippen molar-refractivity contribution in [1.29, 1.82) is 0 Å². The zero-order valence-electron chi connectivity index (χ0n) is 15.3. The number of hydrogen-bond acceptors (Lipinski definition) is 6. The fourth-order valence-corrected chi connectivity index (χ4v) is 2.85. The van der Waals surface area contributed by atoms with E-state index in [0.717, 1.165) is 16.8 Å². The molecule has 2 N–H and O–H groups in total. The first kappa shape index (κ1) is 18.6. The van der Waals surface area contributed by atoms with E-state index in [-0.39, 0.29) is 36.6 Å². The molecule has 0 atom stereocenters. The zero-order chi connectivity index (χ0) is 20.2. The van der Waals surface area contributed by atoms with Gasteiger partial charge in [0, 0.05) is 24.7 Å². The second kappa shape index (κ2) is 8.09. The van der Waals surface area contributed by atoms with Crippen molar-refractivity contribution in [1.82, 2.24) is 15.5 Å². The number of amides is 2. The van der Waals surface area contributed by atoms with E-state index in [1.807, 2.05) is 6.07 Å². The number of carbonyl (C=O) groups is 2. The predicted molar refractivity (Wildman–Crippen MR) is 99.6 cm³/mol. The summed E-state index contributed by atoms with van der Waals surface area (Å²) < 4.78 is 23.5. The van der Waals surface area contributed by atoms with Gasteiger partial charge in [0.1, 0.15) is 11.6 Å². The summed E-state index contributed by atoms with van der Waals surface area (Å²) in [6, 6.07) is 11.2. The minimum Gasteiger partial charge on any atom is -0.485 e. The van der Waals surface area contributed by atoms with Gasteiger partial charge in [-0.3, -0.25) is 9.59 Å². The van der Waals surface area contributed by atoms with Gasteiger partial charge in [-0.25, -0.2) is 4.39 Å². The van der Waals surface area contributed by atoms with Crippen LogP contribution in [0.2, 0.25) is 0 Å². The molecule has 1 aliphatic rings. The molecule has 8 nitrogen and oxygen atoms in total. The van der Waals surface area contributed by atoms with Crippen LogP contribution in [-0.4, -0.2) is 22.0 Å². The second-order valence-electron chi connectivity index (χ2n) is 6.48. The molecular formula is C20H17FN4O4. The number of benzene rings is 2. The lowest BCUT2D eigenvalue weighted by molar-refractivity contribution is -0.116. The zero-order valence-corrected chi connectivity index (χ0v) is 15.3. The molecule has 0 unspecified atom stereocenters. The van der Waals surface area contributed by atoms with Crippen molar-refractivity contribution in [2.24, 2.45) is 0 Å². The maximum atomic E-state index is 12.9. The van der Waals surface area contributed by atoms with Crippen molar-refractivity contribution in [2.75, 3.05) is 5.32 Å². The highest BCUT2D eigenvalue weighted by Gasteiger charge is 2.17. The Bertz CT molecular complexity index is 1050. The molecule has 2 amide bonds. The van der Waals surface area contributed by atoms with Crippen molar-refractivity contribution >= 4 is 17.5 Å². The van der Waals surface area contributed by atoms with Crippen molar-refractivity contribution in [3.8, 4) is 5.75 Å². The monoisotopic (exact) mass is 396 g/mol. The summed E-state index contributed by atoms with van der Waals surface area (Å²) >= 11 is 0. The summed E-state index contributed by atoms with van der Waals surface area (Å²) in [6.07, 6.45) is 1.17. The number of aryl methyl sites for hydroxylation is 1. The summed E-state index contributed by atoms with van der Waals surface area (Å²) in [5.41, 5.74) is 2.52. The van der Waals surface area contributed by atoms with Gasteiger partial charge in [-0.15, -0.1) is 0 Å². The molecule has 29 heavy (non-hydrogen) atoms. The van der Waals surface area contributed by atoms with Gasteiger partial charge in [0.2, 0.25) is 11.7 Å². The molecule has 0 spiro atoms. The third-order valence-corrected chi connectivity index (χ3v) is 4.37. The largest absolute Gasteiger partial charge is 0.485 e. The molecule has 0 saturated heterocycles. The lowest BCUT2D eigenvalue weighted by Gasteiger charge is -2.17. The molecule has 0 aliphatic carbocycles. The number of hydrogen-bond donors (Lipinski definition) is 2. The Morgan fingerprint density at radius 2 is 2.03 bits per heavy atom. The molecular weight excluding hydrogens is 379 g/mol. The van der Waals surface area contributed by atoms with E-state index in [2.05, 4.69) is 20.8 Å². The molecule has 2 aromatic carbocycles. The van der Waals surface area contributed by atoms with E-state index in [1.54, 1.807) is 24.3 Å². The van der Waals surface area contributed by atoms with Crippen LogP contribution in [0.15, 0.2) is 47.0 Å². The van der Waals surface area contributed by atoms with Crippen LogP contribution in [0.1, 0.15) is 34.1 Å². The highest BCUT2D eigenvalue weighted by atomic mass is 19.1. The van der Waals surface area contributed by atoms with Crippen LogP contribution in [0.4, 0.5) is 10.1 Å². The number of nitrogens with one attached hydrogen (secondary N) is 2. The molecule has 0 bridgehead atoms. The van der Waals surface area contributed by atoms with Crippen molar-refractivity contribution in [3.05, 3.63) is 71.1 Å². The smallest absolute Gasteiger partial charge is 0.316 e. The molecule has 3 aromatic rings. The van der Waals surface area contributed by atoms with E-state index in [4.69, 9.17) is 9.26 Å². The minimum atomic E-state index is -0.537. The van der Waals surface area contributed by atoms with Crippen LogP contribution in [-0.2, 0) is 24.4 Å². The van der Waals surface area contributed by atoms with Crippen LogP contribution in [0.3, 0.4) is 0 Å². The number of fused-ring (bicyclic) bond motifs is 1. The number of aromatic nitrogens is 2. The first-order valence-electron chi connectivity index (χ1n) is 8.97. The molecule has 1 aromatic heterocycles. The van der Waals surface area contributed by atoms with Gasteiger partial charge in [-0.05, 0) is 35.7 Å². The summed E-state index contributed by atoms with van der Waals surface area (Å²) in [6.45, 7) is 0.204. The lowest BCUT2D eigenvalue weighted by atomic mass is 10.0. The van der Waals surface area contributed by atoms with Gasteiger partial charge < -0.3 is 19.9 Å². The summed E-state index contributed by atoms with van der Waals surface area (Å²) in [7, 11) is 0. The first-order chi connectivity index (χ1) is 14.1. The second-order valence-corrected chi connectivity index (χ2v) is 6.48. The highest BCUT2D eigenvalue weighted by molar-refractivity contribution is 5.94. The molecule has 4 rings (SSSR count). The molecule has 9 heteroatoms. The average molecular weight is 396 g/mol. The normalized spacial score (nSPS) is 12.8. The van der Waals surface area contributed by atoms with Crippen molar-refractivity contribution in [3.63, 3.8) is 0 Å². The molecule has 148 valence electrons. The number of rotatable bonds is 6. The Morgan fingerprint density at radius 3 is 2.86 bits per heavy atom. The molecule has 0 fully saturated rings. The van der Waals surface area contributed by atoms with Crippen molar-refractivity contribution < 1.29 is 23.2 Å². The van der Waals surface area contributed by atoms with Crippen molar-refractivity contribution in [2.45, 2.75) is 26.0 Å². The third kappa shape index (κ3) is 4.57. The molecule has 0 saturated carbocycles. The van der Waals surface area contributed by atoms with Crippen LogP contribution >= 0.6 is 0 Å². The molecule has 2 heterocycles. The first-order valence-corrected chi connectivity index (χ1v) is 8.97. The van der Waals surface area contributed by atoms with Crippen LogP contribution < -0.4 is 15.4 Å². The number of halogens is 1. The summed E-state index contributed by atoms with van der Waals surface area (Å²) in [5, 5.41) is 9.15. The van der Waals surface area contributed by atoms with Gasteiger partial charge in [-0.1, -0.05) is 23.4 Å². The molecule has 1 aliphatic heterocycles. The van der Waals surface area contributed by atoms with Gasteiger partial charge in [0.05, 0.1) is 0 Å². The van der Waals surface area contributed by atoms with Gasteiger partial charge in [0.25, 0.3) is 0 Å². The van der Waals surface area contributed by atoms with Crippen LogP contribution in [0.25, 0.3) is 0 Å². The Balaban J connectivity index is 1.32. The maximum Gasteiger partial charge on any atom is 0.316 e. The van der Waals surface area contributed by atoms with E-state index >= 15 is 0 Å². The maximum absolute atomic E-state index is 12.9. The average Bonchev–Trinajstić information content (AvgIpc) is 3.20. The van der Waals surface area contributed by atoms with Crippen LogP contribution in [0.5, 0.6) is 5.75 Å². The van der Waals surface area contributed by atoms with E-state index < -0.39 is 5.91 Å². The molecule has 0 radical (unpaired) electrons. The topological polar surface area (TPSA) is 106 Å². The predicted octanol–water partition coefficient (Wildman–Crippen LogP) is 2.60. The van der Waals surface area contributed by atoms with Crippen LogP contribution in [0, 0.1) is 5.82 Å². The minimum absolute atomic E-state index is 0.00146. The fourth-order valence-electron chi connectivity index (χ4n) is 2.85. The van der Waals surface area contributed by atoms with Gasteiger partial charge in [0.15, 0.2) is 6.61 Å². The number of ether oxygens (including phenoxy) is 1.